The molecule has 2 bridgehead atoms. The van der Waals surface area contributed by atoms with E-state index in [1.165, 1.54) is 12.8 Å². The highest BCUT2D eigenvalue weighted by Gasteiger charge is 2.40. The fourth-order valence-corrected chi connectivity index (χ4v) is 5.18. The molecule has 160 valence electrons. The van der Waals surface area contributed by atoms with Crippen LogP contribution in [-0.2, 0) is 0 Å². The zero-order chi connectivity index (χ0) is 21.4. The number of anilines is 3. The van der Waals surface area contributed by atoms with Crippen molar-refractivity contribution >= 4 is 28.5 Å². The smallest absolute Gasteiger partial charge is 0.225 e. The normalized spacial score (nSPS) is 23.1. The van der Waals surface area contributed by atoms with Gasteiger partial charge in [-0.05, 0) is 51.2 Å². The SMILES string of the molecule is Cc1cc(Nc2nc(N[C@@H]3C[C@H]4CC[C@@H](C3)N4CCC#N)nc3c(C)cccc23)n[nH]1. The van der Waals surface area contributed by atoms with Crippen molar-refractivity contribution in [3.05, 3.63) is 35.5 Å². The molecule has 3 N–H and O–H groups in total. The molecule has 3 aromatic rings. The Morgan fingerprint density at radius 3 is 2.71 bits per heavy atom. The first-order valence-corrected chi connectivity index (χ1v) is 11.1. The van der Waals surface area contributed by atoms with Gasteiger partial charge in [0, 0.05) is 48.2 Å². The summed E-state index contributed by atoms with van der Waals surface area (Å²) in [6.45, 7) is 4.95. The third-order valence-corrected chi connectivity index (χ3v) is 6.58. The minimum absolute atomic E-state index is 0.345. The first-order chi connectivity index (χ1) is 15.1. The molecule has 5 rings (SSSR count). The van der Waals surface area contributed by atoms with E-state index in [0.29, 0.717) is 30.5 Å². The maximum atomic E-state index is 8.96. The van der Waals surface area contributed by atoms with Crippen molar-refractivity contribution in [2.24, 2.45) is 0 Å². The van der Waals surface area contributed by atoms with E-state index in [1.807, 2.05) is 25.1 Å². The fourth-order valence-electron chi connectivity index (χ4n) is 5.18. The summed E-state index contributed by atoms with van der Waals surface area (Å²) < 4.78 is 0. The number of nitrogens with zero attached hydrogens (tertiary/aromatic N) is 5. The number of hydrogen-bond donors (Lipinski definition) is 3. The Morgan fingerprint density at radius 1 is 1.19 bits per heavy atom. The number of nitriles is 1. The zero-order valence-corrected chi connectivity index (χ0v) is 18.0. The maximum Gasteiger partial charge on any atom is 0.225 e. The van der Waals surface area contributed by atoms with Crippen LogP contribution in [0.5, 0.6) is 0 Å². The lowest BCUT2D eigenvalue weighted by Gasteiger charge is -2.38. The predicted molar refractivity (Wildman–Crippen MR) is 121 cm³/mol. The van der Waals surface area contributed by atoms with E-state index in [2.05, 4.69) is 44.8 Å². The van der Waals surface area contributed by atoms with Crippen molar-refractivity contribution in [3.8, 4) is 6.07 Å². The summed E-state index contributed by atoms with van der Waals surface area (Å²) in [5.74, 6) is 2.16. The molecule has 8 nitrogen and oxygen atoms in total. The minimum atomic E-state index is 0.345. The summed E-state index contributed by atoms with van der Waals surface area (Å²) in [5.41, 5.74) is 3.06. The van der Waals surface area contributed by atoms with Crippen LogP contribution in [0.3, 0.4) is 0 Å². The monoisotopic (exact) mass is 416 g/mol. The van der Waals surface area contributed by atoms with E-state index in [0.717, 1.165) is 53.2 Å². The van der Waals surface area contributed by atoms with Crippen LogP contribution in [0, 0.1) is 25.2 Å². The van der Waals surface area contributed by atoms with E-state index in [1.54, 1.807) is 0 Å². The summed E-state index contributed by atoms with van der Waals surface area (Å²) in [7, 11) is 0. The number of aromatic amines is 1. The number of benzene rings is 1. The second-order valence-electron chi connectivity index (χ2n) is 8.77. The van der Waals surface area contributed by atoms with Gasteiger partial charge in [-0.2, -0.15) is 15.3 Å². The average Bonchev–Trinajstić information content (AvgIpc) is 3.26. The second kappa shape index (κ2) is 8.16. The average molecular weight is 417 g/mol. The number of nitrogens with one attached hydrogen (secondary N) is 3. The molecular formula is C23H28N8. The van der Waals surface area contributed by atoms with E-state index in [4.69, 9.17) is 15.2 Å². The molecule has 2 aliphatic heterocycles. The van der Waals surface area contributed by atoms with Gasteiger partial charge in [-0.3, -0.25) is 10.00 Å². The Morgan fingerprint density at radius 2 is 2.00 bits per heavy atom. The molecule has 2 aliphatic rings. The van der Waals surface area contributed by atoms with Gasteiger partial charge >= 0.3 is 0 Å². The molecule has 31 heavy (non-hydrogen) atoms. The molecule has 0 spiro atoms. The van der Waals surface area contributed by atoms with Gasteiger partial charge in [0.2, 0.25) is 5.95 Å². The zero-order valence-electron chi connectivity index (χ0n) is 18.0. The van der Waals surface area contributed by atoms with Crippen LogP contribution in [0.25, 0.3) is 10.9 Å². The molecule has 1 aromatic carbocycles. The fraction of sp³-hybridized carbons (Fsp3) is 0.478. The lowest BCUT2D eigenvalue weighted by Crippen LogP contribution is -2.47. The minimum Gasteiger partial charge on any atom is -0.351 e. The summed E-state index contributed by atoms with van der Waals surface area (Å²) in [4.78, 5) is 12.2. The Hall–Kier alpha value is -3.18. The molecule has 8 heteroatoms. The van der Waals surface area contributed by atoms with Crippen LogP contribution < -0.4 is 10.6 Å². The summed E-state index contributed by atoms with van der Waals surface area (Å²) in [5, 5.41) is 24.2. The number of aromatic nitrogens is 4. The van der Waals surface area contributed by atoms with Crippen LogP contribution in [0.15, 0.2) is 24.3 Å². The van der Waals surface area contributed by atoms with E-state index < -0.39 is 0 Å². The van der Waals surface area contributed by atoms with Crippen molar-refractivity contribution in [1.29, 1.82) is 5.26 Å². The standard InChI is InChI=1S/C23H28N8/c1-14-5-3-6-19-21(14)27-23(28-22(19)26-20-11-15(2)29-30-20)25-16-12-17-7-8-18(13-16)31(17)10-4-9-24/h3,5-6,11,16-18H,4,7-8,10,12-13H2,1-2H3,(H3,25,26,27,28,29,30)/t16-,17-,18+. The number of fused-ring (bicyclic) bond motifs is 3. The lowest BCUT2D eigenvalue weighted by molar-refractivity contribution is 0.135. The van der Waals surface area contributed by atoms with Crippen molar-refractivity contribution in [3.63, 3.8) is 0 Å². The van der Waals surface area contributed by atoms with Crippen molar-refractivity contribution in [2.75, 3.05) is 17.2 Å². The van der Waals surface area contributed by atoms with Crippen LogP contribution in [0.1, 0.15) is 43.4 Å². The van der Waals surface area contributed by atoms with E-state index >= 15 is 0 Å². The summed E-state index contributed by atoms with van der Waals surface area (Å²) in [6.07, 6.45) is 5.19. The van der Waals surface area contributed by atoms with Crippen LogP contribution in [-0.4, -0.2) is 49.7 Å². The number of rotatable bonds is 6. The summed E-state index contributed by atoms with van der Waals surface area (Å²) >= 11 is 0. The lowest BCUT2D eigenvalue weighted by atomic mass is 9.97. The highest BCUT2D eigenvalue weighted by molar-refractivity contribution is 5.93. The molecule has 3 atom stereocenters. The second-order valence-corrected chi connectivity index (χ2v) is 8.77. The highest BCUT2D eigenvalue weighted by Crippen LogP contribution is 2.37. The maximum absolute atomic E-state index is 8.96. The molecule has 4 heterocycles. The molecule has 2 fully saturated rings. The van der Waals surface area contributed by atoms with Crippen LogP contribution >= 0.6 is 0 Å². The molecule has 0 saturated carbocycles. The van der Waals surface area contributed by atoms with Gasteiger partial charge in [-0.15, -0.1) is 0 Å². The van der Waals surface area contributed by atoms with Crippen LogP contribution in [0.2, 0.25) is 0 Å². The molecule has 0 radical (unpaired) electrons. The van der Waals surface area contributed by atoms with Gasteiger partial charge in [-0.1, -0.05) is 12.1 Å². The number of H-pyrrole nitrogens is 1. The first kappa shape index (κ1) is 19.8. The Bertz CT molecular complexity index is 1120. The molecule has 0 amide bonds. The number of hydrogen-bond acceptors (Lipinski definition) is 7. The number of piperidine rings is 1. The highest BCUT2D eigenvalue weighted by atomic mass is 15.3. The quantitative estimate of drug-likeness (QED) is 0.557. The molecule has 0 unspecified atom stereocenters. The van der Waals surface area contributed by atoms with Crippen molar-refractivity contribution in [1.82, 2.24) is 25.1 Å². The largest absolute Gasteiger partial charge is 0.351 e. The molecule has 2 aromatic heterocycles. The van der Waals surface area contributed by atoms with Gasteiger partial charge in [0.1, 0.15) is 5.82 Å². The van der Waals surface area contributed by atoms with Gasteiger partial charge in [-0.25, -0.2) is 4.98 Å². The molecular weight excluding hydrogens is 388 g/mol. The Balaban J connectivity index is 1.40. The Labute approximate surface area is 182 Å². The Kier molecular flexibility index (Phi) is 5.20. The number of para-hydroxylation sites is 1. The topological polar surface area (TPSA) is 106 Å². The van der Waals surface area contributed by atoms with E-state index in [-0.39, 0.29) is 0 Å². The van der Waals surface area contributed by atoms with E-state index in [9.17, 15) is 0 Å². The van der Waals surface area contributed by atoms with Crippen LogP contribution in [0.4, 0.5) is 17.6 Å². The molecule has 0 aliphatic carbocycles. The third kappa shape index (κ3) is 3.93. The number of aryl methyl sites for hydroxylation is 2. The summed E-state index contributed by atoms with van der Waals surface area (Å²) in [6, 6.07) is 11.9. The van der Waals surface area contributed by atoms with Gasteiger partial charge < -0.3 is 10.6 Å². The van der Waals surface area contributed by atoms with Crippen molar-refractivity contribution in [2.45, 2.75) is 64.1 Å². The van der Waals surface area contributed by atoms with Gasteiger partial charge in [0.25, 0.3) is 0 Å². The van der Waals surface area contributed by atoms with Crippen molar-refractivity contribution < 1.29 is 0 Å². The predicted octanol–water partition coefficient (Wildman–Crippen LogP) is 4.03. The molecule has 2 saturated heterocycles. The first-order valence-electron chi connectivity index (χ1n) is 11.1. The third-order valence-electron chi connectivity index (χ3n) is 6.58. The van der Waals surface area contributed by atoms with Gasteiger partial charge in [0.15, 0.2) is 5.82 Å². The van der Waals surface area contributed by atoms with Gasteiger partial charge in [0.05, 0.1) is 11.6 Å².